The first-order valence-electron chi connectivity index (χ1n) is 6.86. The van der Waals surface area contributed by atoms with E-state index in [2.05, 4.69) is 10.3 Å². The summed E-state index contributed by atoms with van der Waals surface area (Å²) in [5.74, 6) is -0.213. The number of rotatable bonds is 4. The number of aromatic nitrogens is 2. The number of hydrogen-bond acceptors (Lipinski definition) is 2. The standard InChI is InChI=1S/C16H14ClN3O2/c17-12-5-3-4-11(10-12)15(21)18-8-9-20-14-7-2-1-6-13(14)19-16(20)22/h1-7,10H,8-9H2,(H,18,21)(H,19,22). The number of carbonyl (C=O) groups is 1. The summed E-state index contributed by atoms with van der Waals surface area (Å²) in [7, 11) is 0. The first-order valence-corrected chi connectivity index (χ1v) is 7.24. The Morgan fingerprint density at radius 1 is 1.18 bits per heavy atom. The van der Waals surface area contributed by atoms with Gasteiger partial charge in [-0.3, -0.25) is 9.36 Å². The van der Waals surface area contributed by atoms with E-state index in [1.807, 2.05) is 24.3 Å². The van der Waals surface area contributed by atoms with E-state index >= 15 is 0 Å². The monoisotopic (exact) mass is 315 g/mol. The van der Waals surface area contributed by atoms with Gasteiger partial charge in [0.25, 0.3) is 5.91 Å². The molecule has 0 saturated heterocycles. The van der Waals surface area contributed by atoms with Gasteiger partial charge in [0, 0.05) is 23.7 Å². The molecule has 0 spiro atoms. The van der Waals surface area contributed by atoms with Gasteiger partial charge in [0.05, 0.1) is 11.0 Å². The molecule has 3 aromatic rings. The van der Waals surface area contributed by atoms with Gasteiger partial charge in [0.1, 0.15) is 0 Å². The Balaban J connectivity index is 1.69. The lowest BCUT2D eigenvalue weighted by molar-refractivity contribution is 0.0952. The molecule has 6 heteroatoms. The molecule has 0 unspecified atom stereocenters. The highest BCUT2D eigenvalue weighted by molar-refractivity contribution is 6.30. The van der Waals surface area contributed by atoms with Gasteiger partial charge in [-0.15, -0.1) is 0 Å². The predicted octanol–water partition coefficient (Wildman–Crippen LogP) is 2.41. The van der Waals surface area contributed by atoms with Crippen molar-refractivity contribution in [2.24, 2.45) is 0 Å². The number of halogens is 1. The molecule has 2 aromatic carbocycles. The summed E-state index contributed by atoms with van der Waals surface area (Å²) in [6.45, 7) is 0.752. The van der Waals surface area contributed by atoms with Crippen LogP contribution < -0.4 is 11.0 Å². The minimum absolute atomic E-state index is 0.182. The zero-order valence-electron chi connectivity index (χ0n) is 11.7. The number of imidazole rings is 1. The molecule has 0 aliphatic rings. The number of para-hydroxylation sites is 2. The quantitative estimate of drug-likeness (QED) is 0.776. The smallest absolute Gasteiger partial charge is 0.326 e. The minimum Gasteiger partial charge on any atom is -0.350 e. The van der Waals surface area contributed by atoms with Gasteiger partial charge >= 0.3 is 5.69 Å². The van der Waals surface area contributed by atoms with Crippen LogP contribution in [0.4, 0.5) is 0 Å². The Kier molecular flexibility index (Phi) is 3.98. The summed E-state index contributed by atoms with van der Waals surface area (Å²) in [6, 6.07) is 14.2. The maximum absolute atomic E-state index is 12.0. The molecular formula is C16H14ClN3O2. The van der Waals surface area contributed by atoms with Crippen molar-refractivity contribution in [1.82, 2.24) is 14.9 Å². The number of fused-ring (bicyclic) bond motifs is 1. The highest BCUT2D eigenvalue weighted by atomic mass is 35.5. The van der Waals surface area contributed by atoms with Gasteiger partial charge in [0.15, 0.2) is 0 Å². The van der Waals surface area contributed by atoms with Crippen LogP contribution in [0.25, 0.3) is 11.0 Å². The third-order valence-corrected chi connectivity index (χ3v) is 3.62. The van der Waals surface area contributed by atoms with Crippen molar-refractivity contribution in [3.8, 4) is 0 Å². The lowest BCUT2D eigenvalue weighted by atomic mass is 10.2. The number of hydrogen-bond donors (Lipinski definition) is 2. The average Bonchev–Trinajstić information content (AvgIpc) is 2.83. The van der Waals surface area contributed by atoms with E-state index < -0.39 is 0 Å². The number of benzene rings is 2. The number of aromatic amines is 1. The van der Waals surface area contributed by atoms with Gasteiger partial charge < -0.3 is 10.3 Å². The van der Waals surface area contributed by atoms with Crippen LogP contribution in [-0.2, 0) is 6.54 Å². The van der Waals surface area contributed by atoms with Crippen molar-refractivity contribution in [2.75, 3.05) is 6.54 Å². The fraction of sp³-hybridized carbons (Fsp3) is 0.125. The lowest BCUT2D eigenvalue weighted by Crippen LogP contribution is -2.30. The van der Waals surface area contributed by atoms with Crippen LogP contribution in [0.2, 0.25) is 5.02 Å². The van der Waals surface area contributed by atoms with Crippen molar-refractivity contribution >= 4 is 28.5 Å². The van der Waals surface area contributed by atoms with Crippen LogP contribution in [0.1, 0.15) is 10.4 Å². The van der Waals surface area contributed by atoms with Crippen molar-refractivity contribution in [1.29, 1.82) is 0 Å². The van der Waals surface area contributed by atoms with Crippen LogP contribution in [-0.4, -0.2) is 22.0 Å². The number of nitrogens with one attached hydrogen (secondary N) is 2. The van der Waals surface area contributed by atoms with Crippen LogP contribution in [0.5, 0.6) is 0 Å². The minimum atomic E-state index is -0.213. The molecular weight excluding hydrogens is 302 g/mol. The van der Waals surface area contributed by atoms with Gasteiger partial charge in [-0.25, -0.2) is 4.79 Å². The van der Waals surface area contributed by atoms with E-state index in [0.29, 0.717) is 23.7 Å². The molecule has 0 fully saturated rings. The molecule has 1 heterocycles. The topological polar surface area (TPSA) is 66.9 Å². The molecule has 2 N–H and O–H groups in total. The van der Waals surface area contributed by atoms with E-state index in [1.165, 1.54) is 0 Å². The second kappa shape index (κ2) is 6.07. The molecule has 0 atom stereocenters. The maximum atomic E-state index is 12.0. The lowest BCUT2D eigenvalue weighted by Gasteiger charge is -2.06. The molecule has 3 rings (SSSR count). The maximum Gasteiger partial charge on any atom is 0.326 e. The second-order valence-electron chi connectivity index (χ2n) is 4.87. The van der Waals surface area contributed by atoms with Crippen molar-refractivity contribution in [3.05, 3.63) is 69.6 Å². The molecule has 112 valence electrons. The van der Waals surface area contributed by atoms with E-state index in [1.54, 1.807) is 28.8 Å². The van der Waals surface area contributed by atoms with Crippen molar-refractivity contribution < 1.29 is 4.79 Å². The number of nitrogens with zero attached hydrogens (tertiary/aromatic N) is 1. The summed E-state index contributed by atoms with van der Waals surface area (Å²) < 4.78 is 1.60. The molecule has 5 nitrogen and oxygen atoms in total. The van der Waals surface area contributed by atoms with Crippen LogP contribution in [0, 0.1) is 0 Å². The molecule has 22 heavy (non-hydrogen) atoms. The summed E-state index contributed by atoms with van der Waals surface area (Å²) in [5, 5.41) is 3.30. The van der Waals surface area contributed by atoms with E-state index in [9.17, 15) is 9.59 Å². The summed E-state index contributed by atoms with van der Waals surface area (Å²) in [5.41, 5.74) is 1.93. The SMILES string of the molecule is O=C(NCCn1c(=O)[nH]c2ccccc21)c1cccc(Cl)c1. The Bertz CT molecular complexity index is 882. The van der Waals surface area contributed by atoms with E-state index in [0.717, 1.165) is 11.0 Å². The number of amides is 1. The molecule has 0 saturated carbocycles. The van der Waals surface area contributed by atoms with Crippen LogP contribution in [0.3, 0.4) is 0 Å². The predicted molar refractivity (Wildman–Crippen MR) is 86.3 cm³/mol. The van der Waals surface area contributed by atoms with E-state index in [-0.39, 0.29) is 11.6 Å². The highest BCUT2D eigenvalue weighted by Crippen LogP contribution is 2.11. The average molecular weight is 316 g/mol. The third kappa shape index (κ3) is 2.89. The zero-order chi connectivity index (χ0) is 15.5. The molecule has 0 bridgehead atoms. The second-order valence-corrected chi connectivity index (χ2v) is 5.30. The highest BCUT2D eigenvalue weighted by Gasteiger charge is 2.08. The van der Waals surface area contributed by atoms with Crippen LogP contribution >= 0.6 is 11.6 Å². The summed E-state index contributed by atoms with van der Waals surface area (Å²) in [4.78, 5) is 26.7. The van der Waals surface area contributed by atoms with Gasteiger partial charge in [-0.1, -0.05) is 29.8 Å². The molecule has 0 radical (unpaired) electrons. The van der Waals surface area contributed by atoms with Gasteiger partial charge in [0.2, 0.25) is 0 Å². The Morgan fingerprint density at radius 2 is 2.00 bits per heavy atom. The largest absolute Gasteiger partial charge is 0.350 e. The summed E-state index contributed by atoms with van der Waals surface area (Å²) in [6.07, 6.45) is 0. The first-order chi connectivity index (χ1) is 10.6. The van der Waals surface area contributed by atoms with Gasteiger partial charge in [-0.2, -0.15) is 0 Å². The van der Waals surface area contributed by atoms with E-state index in [4.69, 9.17) is 11.6 Å². The number of H-pyrrole nitrogens is 1. The summed E-state index contributed by atoms with van der Waals surface area (Å²) >= 11 is 5.86. The van der Waals surface area contributed by atoms with Crippen LogP contribution in [0.15, 0.2) is 53.3 Å². The Morgan fingerprint density at radius 3 is 2.82 bits per heavy atom. The van der Waals surface area contributed by atoms with Crippen molar-refractivity contribution in [3.63, 3.8) is 0 Å². The zero-order valence-corrected chi connectivity index (χ0v) is 12.4. The Labute approximate surface area is 131 Å². The normalized spacial score (nSPS) is 10.8. The number of carbonyl (C=O) groups excluding carboxylic acids is 1. The Hall–Kier alpha value is -2.53. The van der Waals surface area contributed by atoms with Crippen molar-refractivity contribution in [2.45, 2.75) is 6.54 Å². The van der Waals surface area contributed by atoms with Gasteiger partial charge in [-0.05, 0) is 30.3 Å². The fourth-order valence-corrected chi connectivity index (χ4v) is 2.53. The fourth-order valence-electron chi connectivity index (χ4n) is 2.34. The molecule has 1 amide bonds. The molecule has 1 aromatic heterocycles. The molecule has 0 aliphatic heterocycles. The third-order valence-electron chi connectivity index (χ3n) is 3.39. The first kappa shape index (κ1) is 14.4. The molecule has 0 aliphatic carbocycles.